The Balaban J connectivity index is 2.15. The van der Waals surface area contributed by atoms with Gasteiger partial charge in [-0.15, -0.1) is 0 Å². The highest BCUT2D eigenvalue weighted by Crippen LogP contribution is 2.41. The summed E-state index contributed by atoms with van der Waals surface area (Å²) in [5.74, 6) is -1.35. The molecule has 0 amide bonds. The lowest BCUT2D eigenvalue weighted by Gasteiger charge is -2.25. The van der Waals surface area contributed by atoms with E-state index in [9.17, 15) is 14.7 Å². The number of rotatable bonds is 5. The van der Waals surface area contributed by atoms with Crippen LogP contribution >= 0.6 is 23.2 Å². The highest BCUT2D eigenvalue weighted by Gasteiger charge is 2.37. The monoisotopic (exact) mass is 394 g/mol. The Bertz CT molecular complexity index is 915. The summed E-state index contributed by atoms with van der Waals surface area (Å²) in [6.07, 6.45) is -0.296. The molecule has 3 rings (SSSR count). The molecular formula is C18H16Cl2N2O4. The number of carbonyl (C=O) groups excluding carboxylic acids is 2. The minimum absolute atomic E-state index is 0.00410. The number of benzene rings is 2. The normalized spacial score (nSPS) is 14.0. The second-order valence-corrected chi connectivity index (χ2v) is 6.68. The van der Waals surface area contributed by atoms with Crippen molar-refractivity contribution in [2.24, 2.45) is 0 Å². The third-order valence-corrected chi connectivity index (χ3v) is 4.76. The Kier molecular flexibility index (Phi) is 5.20. The molecule has 0 heterocycles. The number of halogens is 2. The van der Waals surface area contributed by atoms with Crippen LogP contribution in [0.25, 0.3) is 0 Å². The Morgan fingerprint density at radius 2 is 1.54 bits per heavy atom. The van der Waals surface area contributed by atoms with Crippen LogP contribution in [-0.2, 0) is 0 Å². The third kappa shape index (κ3) is 3.05. The molecule has 136 valence electrons. The van der Waals surface area contributed by atoms with Crippen molar-refractivity contribution < 1.29 is 19.8 Å². The fourth-order valence-corrected chi connectivity index (χ4v) is 3.48. The zero-order chi connectivity index (χ0) is 19.0. The lowest BCUT2D eigenvalue weighted by Crippen LogP contribution is -2.36. The van der Waals surface area contributed by atoms with E-state index in [-0.39, 0.29) is 50.8 Å². The van der Waals surface area contributed by atoms with Crippen molar-refractivity contribution >= 4 is 40.5 Å². The average Bonchev–Trinajstić information content (AvgIpc) is 2.61. The summed E-state index contributed by atoms with van der Waals surface area (Å²) in [4.78, 5) is 26.0. The first kappa shape index (κ1) is 18.7. The molecule has 2 aromatic carbocycles. The maximum Gasteiger partial charge on any atom is 0.199 e. The number of ketones is 2. The standard InChI is InChI=1S/C18H16Cl2N2O4/c1-8(21-6-7-23)22-11-4-5-12(24)16-15(11)17(25)13-9(19)2-3-10(20)14(13)18(16)26/h2-5,8,21-24H,6-7H2,1H3. The first-order valence-corrected chi connectivity index (χ1v) is 8.66. The summed E-state index contributed by atoms with van der Waals surface area (Å²) >= 11 is 12.3. The lowest BCUT2D eigenvalue weighted by molar-refractivity contribution is 0.0977. The topological polar surface area (TPSA) is 98.7 Å². The first-order valence-electron chi connectivity index (χ1n) is 7.91. The summed E-state index contributed by atoms with van der Waals surface area (Å²) in [6, 6.07) is 5.76. The number of hydrogen-bond acceptors (Lipinski definition) is 6. The number of fused-ring (bicyclic) bond motifs is 2. The predicted octanol–water partition coefficient (Wildman–Crippen LogP) is 2.81. The quantitative estimate of drug-likeness (QED) is 0.392. The van der Waals surface area contributed by atoms with Gasteiger partial charge < -0.3 is 15.5 Å². The van der Waals surface area contributed by atoms with Gasteiger partial charge in [0.05, 0.1) is 45.1 Å². The fraction of sp³-hybridized carbons (Fsp3) is 0.222. The molecule has 0 saturated heterocycles. The molecule has 8 heteroatoms. The number of nitrogens with one attached hydrogen (secondary N) is 2. The van der Waals surface area contributed by atoms with Crippen molar-refractivity contribution in [2.75, 3.05) is 18.5 Å². The maximum absolute atomic E-state index is 13.1. The number of aromatic hydroxyl groups is 1. The molecule has 1 aliphatic rings. The molecule has 0 saturated carbocycles. The van der Waals surface area contributed by atoms with E-state index in [0.717, 1.165) is 0 Å². The van der Waals surface area contributed by atoms with Crippen molar-refractivity contribution in [1.82, 2.24) is 5.32 Å². The van der Waals surface area contributed by atoms with Gasteiger partial charge in [0.2, 0.25) is 0 Å². The van der Waals surface area contributed by atoms with Gasteiger partial charge in [-0.2, -0.15) is 0 Å². The maximum atomic E-state index is 13.1. The van der Waals surface area contributed by atoms with Crippen LogP contribution in [-0.4, -0.2) is 41.1 Å². The van der Waals surface area contributed by atoms with Crippen LogP contribution in [0.1, 0.15) is 38.8 Å². The predicted molar refractivity (Wildman–Crippen MR) is 99.6 cm³/mol. The average molecular weight is 395 g/mol. The van der Waals surface area contributed by atoms with Gasteiger partial charge in [-0.25, -0.2) is 0 Å². The van der Waals surface area contributed by atoms with Gasteiger partial charge >= 0.3 is 0 Å². The van der Waals surface area contributed by atoms with E-state index in [1.807, 2.05) is 0 Å². The number of phenols is 1. The van der Waals surface area contributed by atoms with E-state index in [2.05, 4.69) is 10.6 Å². The minimum Gasteiger partial charge on any atom is -0.507 e. The van der Waals surface area contributed by atoms with E-state index >= 15 is 0 Å². The molecule has 26 heavy (non-hydrogen) atoms. The van der Waals surface area contributed by atoms with Gasteiger partial charge in [0.25, 0.3) is 0 Å². The van der Waals surface area contributed by atoms with Gasteiger partial charge in [0.15, 0.2) is 11.6 Å². The molecule has 1 unspecified atom stereocenters. The molecule has 6 nitrogen and oxygen atoms in total. The van der Waals surface area contributed by atoms with Crippen molar-refractivity contribution in [1.29, 1.82) is 0 Å². The largest absolute Gasteiger partial charge is 0.507 e. The van der Waals surface area contributed by atoms with Crippen molar-refractivity contribution in [3.05, 3.63) is 56.6 Å². The second kappa shape index (κ2) is 7.25. The fourth-order valence-electron chi connectivity index (χ4n) is 2.99. The van der Waals surface area contributed by atoms with Gasteiger partial charge in [-0.3, -0.25) is 14.9 Å². The number of phenolic OH excluding ortho intramolecular Hbond substituents is 1. The van der Waals surface area contributed by atoms with Crippen LogP contribution in [0.4, 0.5) is 5.69 Å². The van der Waals surface area contributed by atoms with Crippen molar-refractivity contribution in [3.63, 3.8) is 0 Å². The highest BCUT2D eigenvalue weighted by atomic mass is 35.5. The third-order valence-electron chi connectivity index (χ3n) is 4.13. The summed E-state index contributed by atoms with van der Waals surface area (Å²) in [5, 5.41) is 25.4. The first-order chi connectivity index (χ1) is 12.4. The SMILES string of the molecule is CC(NCCO)Nc1ccc(O)c2c1C(=O)c1c(Cl)ccc(Cl)c1C2=O. The molecular weight excluding hydrogens is 379 g/mol. The molecule has 1 aliphatic carbocycles. The van der Waals surface area contributed by atoms with Crippen LogP contribution in [0, 0.1) is 0 Å². The zero-order valence-corrected chi connectivity index (χ0v) is 15.3. The molecule has 0 spiro atoms. The van der Waals surface area contributed by atoms with Crippen LogP contribution in [0.3, 0.4) is 0 Å². The van der Waals surface area contributed by atoms with E-state index in [4.69, 9.17) is 28.3 Å². The minimum atomic E-state index is -0.556. The number of anilines is 1. The van der Waals surface area contributed by atoms with Crippen molar-refractivity contribution in [2.45, 2.75) is 13.1 Å². The van der Waals surface area contributed by atoms with Crippen LogP contribution in [0.15, 0.2) is 24.3 Å². The Morgan fingerprint density at radius 3 is 2.12 bits per heavy atom. The molecule has 0 radical (unpaired) electrons. The molecule has 4 N–H and O–H groups in total. The number of carbonyl (C=O) groups is 2. The molecule has 0 bridgehead atoms. The number of hydrogen-bond donors (Lipinski definition) is 4. The summed E-state index contributed by atoms with van der Waals surface area (Å²) in [6.45, 7) is 2.10. The van der Waals surface area contributed by atoms with Gasteiger partial charge in [0.1, 0.15) is 5.75 Å². The zero-order valence-electron chi connectivity index (χ0n) is 13.8. The van der Waals surface area contributed by atoms with Crippen LogP contribution in [0.5, 0.6) is 5.75 Å². The molecule has 0 aliphatic heterocycles. The summed E-state index contributed by atoms with van der Waals surface area (Å²) in [7, 11) is 0. The van der Waals surface area contributed by atoms with Crippen LogP contribution in [0.2, 0.25) is 10.0 Å². The molecule has 2 aromatic rings. The van der Waals surface area contributed by atoms with E-state index < -0.39 is 11.6 Å². The lowest BCUT2D eigenvalue weighted by atomic mass is 9.82. The van der Waals surface area contributed by atoms with Gasteiger partial charge in [0, 0.05) is 12.2 Å². The summed E-state index contributed by atoms with van der Waals surface area (Å²) in [5.41, 5.74) is 0.336. The van der Waals surface area contributed by atoms with Gasteiger partial charge in [-0.1, -0.05) is 23.2 Å². The van der Waals surface area contributed by atoms with Crippen LogP contribution < -0.4 is 10.6 Å². The molecule has 1 atom stereocenters. The van der Waals surface area contributed by atoms with E-state index in [1.165, 1.54) is 24.3 Å². The molecule has 0 fully saturated rings. The summed E-state index contributed by atoms with van der Waals surface area (Å²) < 4.78 is 0. The Morgan fingerprint density at radius 1 is 0.962 bits per heavy atom. The second-order valence-electron chi connectivity index (χ2n) is 5.86. The molecule has 0 aromatic heterocycles. The van der Waals surface area contributed by atoms with Gasteiger partial charge in [-0.05, 0) is 31.2 Å². The Labute approximate surface area is 159 Å². The highest BCUT2D eigenvalue weighted by molar-refractivity contribution is 6.44. The number of aliphatic hydroxyl groups is 1. The van der Waals surface area contributed by atoms with E-state index in [0.29, 0.717) is 12.2 Å². The van der Waals surface area contributed by atoms with Crippen molar-refractivity contribution in [3.8, 4) is 5.75 Å². The number of aliphatic hydroxyl groups excluding tert-OH is 1. The Hall–Kier alpha value is -2.12. The smallest absolute Gasteiger partial charge is 0.199 e. The van der Waals surface area contributed by atoms with E-state index in [1.54, 1.807) is 6.92 Å².